The first-order valence-electron chi connectivity index (χ1n) is 9.15. The summed E-state index contributed by atoms with van der Waals surface area (Å²) < 4.78 is 13.5. The van der Waals surface area contributed by atoms with Gasteiger partial charge in [0.15, 0.2) is 5.16 Å². The third-order valence-corrected chi connectivity index (χ3v) is 6.38. The average molecular weight is 429 g/mol. The number of anilines is 1. The zero-order valence-corrected chi connectivity index (χ0v) is 17.3. The predicted octanol–water partition coefficient (Wildman–Crippen LogP) is 3.89. The number of nitrogens with zero attached hydrogens (tertiary/aromatic N) is 4. The smallest absolute Gasteiger partial charge is 0.228 e. The van der Waals surface area contributed by atoms with Gasteiger partial charge in [-0.25, -0.2) is 0 Å². The molecule has 1 aromatic carbocycles. The molecular weight excluding hydrogens is 407 g/mol. The van der Waals surface area contributed by atoms with Crippen molar-refractivity contribution < 1.29 is 9.47 Å². The molecule has 1 atom stereocenters. The quantitative estimate of drug-likeness (QED) is 0.650. The van der Waals surface area contributed by atoms with Crippen LogP contribution < -0.4 is 4.90 Å². The highest BCUT2D eigenvalue weighted by atomic mass is 35.5. The maximum Gasteiger partial charge on any atom is 0.228 e. The molecule has 0 N–H and O–H groups in total. The monoisotopic (exact) mass is 428 g/mol. The molecule has 2 fully saturated rings. The molecule has 27 heavy (non-hydrogen) atoms. The van der Waals surface area contributed by atoms with Crippen molar-refractivity contribution in [2.24, 2.45) is 0 Å². The molecule has 6 nitrogen and oxygen atoms in total. The second-order valence-corrected chi connectivity index (χ2v) is 8.44. The summed E-state index contributed by atoms with van der Waals surface area (Å²) in [5.74, 6) is 1.61. The van der Waals surface area contributed by atoms with Crippen LogP contribution in [0, 0.1) is 0 Å². The van der Waals surface area contributed by atoms with E-state index in [4.69, 9.17) is 32.7 Å². The van der Waals surface area contributed by atoms with E-state index in [1.165, 1.54) is 0 Å². The molecule has 1 aromatic heterocycles. The van der Waals surface area contributed by atoms with Crippen molar-refractivity contribution in [3.63, 3.8) is 0 Å². The van der Waals surface area contributed by atoms with Crippen LogP contribution in [-0.4, -0.2) is 53.8 Å². The molecular formula is C18H22Cl2N4O2S. The summed E-state index contributed by atoms with van der Waals surface area (Å²) in [4.78, 5) is 2.24. The number of hydrogen-bond donors (Lipinski definition) is 0. The molecule has 3 heterocycles. The molecule has 0 bridgehead atoms. The first-order chi connectivity index (χ1) is 13.2. The van der Waals surface area contributed by atoms with Crippen LogP contribution in [0.15, 0.2) is 23.4 Å². The minimum absolute atomic E-state index is 0.222. The lowest BCUT2D eigenvalue weighted by Gasteiger charge is -2.28. The Kier molecular flexibility index (Phi) is 6.45. The number of rotatable bonds is 6. The van der Waals surface area contributed by atoms with E-state index in [1.807, 2.05) is 12.1 Å². The van der Waals surface area contributed by atoms with Gasteiger partial charge in [0.25, 0.3) is 0 Å². The second kappa shape index (κ2) is 9.01. The van der Waals surface area contributed by atoms with E-state index in [2.05, 4.69) is 19.7 Å². The Bertz CT molecular complexity index is 777. The van der Waals surface area contributed by atoms with Gasteiger partial charge in [-0.2, -0.15) is 0 Å². The molecule has 2 aliphatic rings. The Hall–Kier alpha value is -0.990. The summed E-state index contributed by atoms with van der Waals surface area (Å²) in [5.41, 5.74) is 1.03. The van der Waals surface area contributed by atoms with Gasteiger partial charge >= 0.3 is 0 Å². The Morgan fingerprint density at radius 1 is 1.15 bits per heavy atom. The van der Waals surface area contributed by atoms with E-state index in [0.29, 0.717) is 15.8 Å². The van der Waals surface area contributed by atoms with E-state index in [0.717, 1.165) is 69.0 Å². The van der Waals surface area contributed by atoms with E-state index in [9.17, 15) is 0 Å². The number of hydrogen-bond acceptors (Lipinski definition) is 6. The van der Waals surface area contributed by atoms with E-state index >= 15 is 0 Å². The van der Waals surface area contributed by atoms with Crippen LogP contribution in [0.25, 0.3) is 0 Å². The standard InChI is InChI=1S/C18H22Cl2N4O2S/c19-14-4-3-13(16(20)10-14)12-27-18-22-21-17(23-5-8-25-9-6-23)24(18)11-15-2-1-7-26-15/h3-4,10,15H,1-2,5-9,11-12H2/t15-/m1/s1. The molecule has 0 radical (unpaired) electrons. The zero-order chi connectivity index (χ0) is 18.6. The van der Waals surface area contributed by atoms with Crippen molar-refractivity contribution in [3.8, 4) is 0 Å². The number of morpholine rings is 1. The molecule has 2 aliphatic heterocycles. The SMILES string of the molecule is Clc1ccc(CSc2nnc(N3CCOCC3)n2C[C@H]2CCCO2)c(Cl)c1. The number of ether oxygens (including phenoxy) is 2. The second-order valence-electron chi connectivity index (χ2n) is 6.65. The molecule has 0 unspecified atom stereocenters. The molecule has 2 saturated heterocycles. The van der Waals surface area contributed by atoms with Gasteiger partial charge in [-0.1, -0.05) is 41.0 Å². The van der Waals surface area contributed by atoms with Crippen LogP contribution in [0.4, 0.5) is 5.95 Å². The fourth-order valence-corrected chi connectivity index (χ4v) is 4.82. The fraction of sp³-hybridized carbons (Fsp3) is 0.556. The van der Waals surface area contributed by atoms with Crippen LogP contribution in [0.2, 0.25) is 10.0 Å². The number of halogens is 2. The van der Waals surface area contributed by atoms with E-state index in [-0.39, 0.29) is 6.10 Å². The number of thioether (sulfide) groups is 1. The lowest BCUT2D eigenvalue weighted by Crippen LogP contribution is -2.38. The van der Waals surface area contributed by atoms with Crippen molar-refractivity contribution in [3.05, 3.63) is 33.8 Å². The zero-order valence-electron chi connectivity index (χ0n) is 14.9. The topological polar surface area (TPSA) is 52.4 Å². The summed E-state index contributed by atoms with van der Waals surface area (Å²) in [7, 11) is 0. The maximum absolute atomic E-state index is 6.32. The van der Waals surface area contributed by atoms with Crippen LogP contribution in [0.1, 0.15) is 18.4 Å². The minimum atomic E-state index is 0.222. The van der Waals surface area contributed by atoms with Crippen LogP contribution in [-0.2, 0) is 21.8 Å². The lowest BCUT2D eigenvalue weighted by atomic mass is 10.2. The van der Waals surface area contributed by atoms with Crippen LogP contribution in [0.3, 0.4) is 0 Å². The highest BCUT2D eigenvalue weighted by Gasteiger charge is 2.25. The summed E-state index contributed by atoms with van der Waals surface area (Å²) in [6, 6.07) is 5.59. The first-order valence-corrected chi connectivity index (χ1v) is 10.9. The highest BCUT2D eigenvalue weighted by Crippen LogP contribution is 2.30. The molecule has 0 spiro atoms. The maximum atomic E-state index is 6.32. The average Bonchev–Trinajstić information content (AvgIpc) is 3.32. The number of benzene rings is 1. The third-order valence-electron chi connectivity index (χ3n) is 4.77. The lowest BCUT2D eigenvalue weighted by molar-refractivity contribution is 0.0942. The Morgan fingerprint density at radius 2 is 2.00 bits per heavy atom. The van der Waals surface area contributed by atoms with Gasteiger partial charge in [0.05, 0.1) is 25.9 Å². The van der Waals surface area contributed by atoms with Crippen molar-refractivity contribution >= 4 is 40.9 Å². The third kappa shape index (κ3) is 4.71. The van der Waals surface area contributed by atoms with Crippen molar-refractivity contribution in [2.45, 2.75) is 36.4 Å². The molecule has 4 rings (SSSR count). The summed E-state index contributed by atoms with van der Waals surface area (Å²) in [6.45, 7) is 4.71. The van der Waals surface area contributed by atoms with Gasteiger partial charge in [-0.15, -0.1) is 10.2 Å². The molecule has 2 aromatic rings. The summed E-state index contributed by atoms with van der Waals surface area (Å²) in [5, 5.41) is 11.2. The molecule has 9 heteroatoms. The van der Waals surface area contributed by atoms with Crippen molar-refractivity contribution in [1.29, 1.82) is 0 Å². The van der Waals surface area contributed by atoms with E-state index < -0.39 is 0 Å². The molecule has 0 aliphatic carbocycles. The molecule has 0 saturated carbocycles. The van der Waals surface area contributed by atoms with Gasteiger partial charge in [-0.3, -0.25) is 4.57 Å². The Labute approximate surface area is 173 Å². The molecule has 146 valence electrons. The van der Waals surface area contributed by atoms with Crippen LogP contribution >= 0.6 is 35.0 Å². The summed E-state index contributed by atoms with van der Waals surface area (Å²) in [6.07, 6.45) is 2.41. The Morgan fingerprint density at radius 3 is 2.74 bits per heavy atom. The van der Waals surface area contributed by atoms with Gasteiger partial charge in [-0.05, 0) is 30.5 Å². The Balaban J connectivity index is 1.53. The largest absolute Gasteiger partial charge is 0.378 e. The molecule has 0 amide bonds. The predicted molar refractivity (Wildman–Crippen MR) is 108 cm³/mol. The van der Waals surface area contributed by atoms with Crippen molar-refractivity contribution in [1.82, 2.24) is 14.8 Å². The minimum Gasteiger partial charge on any atom is -0.378 e. The normalized spacial score (nSPS) is 20.4. The van der Waals surface area contributed by atoms with Gasteiger partial charge in [0, 0.05) is 35.5 Å². The van der Waals surface area contributed by atoms with E-state index in [1.54, 1.807) is 17.8 Å². The fourth-order valence-electron chi connectivity index (χ4n) is 3.32. The van der Waals surface area contributed by atoms with Gasteiger partial charge in [0.1, 0.15) is 0 Å². The first kappa shape index (κ1) is 19.3. The van der Waals surface area contributed by atoms with Gasteiger partial charge < -0.3 is 14.4 Å². The number of aromatic nitrogens is 3. The van der Waals surface area contributed by atoms with Crippen molar-refractivity contribution in [2.75, 3.05) is 37.8 Å². The van der Waals surface area contributed by atoms with Crippen LogP contribution in [0.5, 0.6) is 0 Å². The highest BCUT2D eigenvalue weighted by molar-refractivity contribution is 7.98. The summed E-state index contributed by atoms with van der Waals surface area (Å²) >= 11 is 14.0. The van der Waals surface area contributed by atoms with Gasteiger partial charge in [0.2, 0.25) is 5.95 Å².